The van der Waals surface area contributed by atoms with Gasteiger partial charge in [-0.25, -0.2) is 0 Å². The van der Waals surface area contributed by atoms with Gasteiger partial charge in [0.2, 0.25) is 0 Å². The second-order valence-electron chi connectivity index (χ2n) is 3.89. The van der Waals surface area contributed by atoms with Crippen molar-refractivity contribution in [1.82, 2.24) is 5.32 Å². The molecule has 18 heavy (non-hydrogen) atoms. The molecule has 2 nitrogen and oxygen atoms in total. The Labute approximate surface area is 120 Å². The van der Waals surface area contributed by atoms with E-state index in [1.54, 1.807) is 18.4 Å². The summed E-state index contributed by atoms with van der Waals surface area (Å²) in [5.41, 5.74) is 1.24. The van der Waals surface area contributed by atoms with Crippen molar-refractivity contribution in [3.8, 4) is 5.75 Å². The van der Waals surface area contributed by atoms with Gasteiger partial charge in [0.25, 0.3) is 0 Å². The molecule has 0 radical (unpaired) electrons. The Balaban J connectivity index is 2.37. The van der Waals surface area contributed by atoms with Gasteiger partial charge in [-0.15, -0.1) is 11.3 Å². The van der Waals surface area contributed by atoms with Crippen LogP contribution >= 0.6 is 27.3 Å². The van der Waals surface area contributed by atoms with Crippen molar-refractivity contribution in [2.24, 2.45) is 0 Å². The van der Waals surface area contributed by atoms with Gasteiger partial charge < -0.3 is 10.1 Å². The minimum absolute atomic E-state index is 0.232. The fourth-order valence-corrected chi connectivity index (χ4v) is 3.30. The van der Waals surface area contributed by atoms with Gasteiger partial charge in [-0.1, -0.05) is 35.0 Å². The number of nitrogens with one attached hydrogen (secondary N) is 1. The van der Waals surface area contributed by atoms with E-state index in [-0.39, 0.29) is 6.04 Å². The van der Waals surface area contributed by atoms with Crippen molar-refractivity contribution in [3.63, 3.8) is 0 Å². The predicted molar refractivity (Wildman–Crippen MR) is 80.5 cm³/mol. The molecule has 0 bridgehead atoms. The second kappa shape index (κ2) is 6.36. The molecule has 1 unspecified atom stereocenters. The third-order valence-corrected chi connectivity index (χ3v) is 4.38. The van der Waals surface area contributed by atoms with E-state index < -0.39 is 0 Å². The molecule has 0 saturated carbocycles. The van der Waals surface area contributed by atoms with E-state index in [0.29, 0.717) is 0 Å². The Bertz CT molecular complexity index is 499. The van der Waals surface area contributed by atoms with Crippen LogP contribution in [-0.2, 0) is 0 Å². The van der Waals surface area contributed by atoms with Crippen molar-refractivity contribution >= 4 is 27.3 Å². The average molecular weight is 326 g/mol. The maximum atomic E-state index is 5.23. The van der Waals surface area contributed by atoms with Gasteiger partial charge in [0.1, 0.15) is 5.75 Å². The van der Waals surface area contributed by atoms with E-state index in [0.717, 1.165) is 16.8 Å². The minimum atomic E-state index is 0.232. The Kier molecular flexibility index (Phi) is 4.80. The van der Waals surface area contributed by atoms with E-state index >= 15 is 0 Å². The average Bonchev–Trinajstić information content (AvgIpc) is 2.90. The summed E-state index contributed by atoms with van der Waals surface area (Å²) in [7, 11) is 1.68. The van der Waals surface area contributed by atoms with E-state index in [2.05, 4.69) is 51.7 Å². The summed E-state index contributed by atoms with van der Waals surface area (Å²) in [4.78, 5) is 1.32. The molecule has 0 amide bonds. The van der Waals surface area contributed by atoms with Gasteiger partial charge in [0.05, 0.1) is 13.2 Å². The molecule has 4 heteroatoms. The van der Waals surface area contributed by atoms with Gasteiger partial charge >= 0.3 is 0 Å². The first-order valence-corrected chi connectivity index (χ1v) is 7.53. The number of methoxy groups -OCH3 is 1. The lowest BCUT2D eigenvalue weighted by Crippen LogP contribution is -2.21. The molecule has 1 heterocycles. The zero-order valence-electron chi connectivity index (χ0n) is 10.4. The lowest BCUT2D eigenvalue weighted by Gasteiger charge is -2.19. The van der Waals surface area contributed by atoms with Crippen LogP contribution in [0.25, 0.3) is 0 Å². The molecule has 1 aromatic carbocycles. The lowest BCUT2D eigenvalue weighted by molar-refractivity contribution is 0.414. The summed E-state index contributed by atoms with van der Waals surface area (Å²) < 4.78 is 6.30. The summed E-state index contributed by atoms with van der Waals surface area (Å²) in [6, 6.07) is 10.6. The Morgan fingerprint density at radius 3 is 2.78 bits per heavy atom. The van der Waals surface area contributed by atoms with Crippen LogP contribution in [0.4, 0.5) is 0 Å². The van der Waals surface area contributed by atoms with Crippen molar-refractivity contribution in [2.75, 3.05) is 13.7 Å². The van der Waals surface area contributed by atoms with Crippen LogP contribution in [0, 0.1) is 0 Å². The molecule has 96 valence electrons. The van der Waals surface area contributed by atoms with E-state index in [4.69, 9.17) is 4.74 Å². The number of hydrogen-bond donors (Lipinski definition) is 1. The molecule has 0 aliphatic carbocycles. The standard InChI is InChI=1S/C14H16BrNOS/c1-3-16-14(13-5-4-8-18-13)11-7-6-10(17-2)9-12(11)15/h4-9,14,16H,3H2,1-2H3. The zero-order chi connectivity index (χ0) is 13.0. The topological polar surface area (TPSA) is 21.3 Å². The van der Waals surface area contributed by atoms with Crippen LogP contribution in [0.1, 0.15) is 23.4 Å². The molecule has 0 aliphatic rings. The van der Waals surface area contributed by atoms with Crippen LogP contribution in [-0.4, -0.2) is 13.7 Å². The Hall–Kier alpha value is -0.840. The van der Waals surface area contributed by atoms with Crippen molar-refractivity contribution in [3.05, 3.63) is 50.6 Å². The normalized spacial score (nSPS) is 12.4. The van der Waals surface area contributed by atoms with E-state index in [9.17, 15) is 0 Å². The highest BCUT2D eigenvalue weighted by molar-refractivity contribution is 9.10. The molecule has 2 rings (SSSR count). The first-order valence-electron chi connectivity index (χ1n) is 5.86. The molecule has 0 saturated heterocycles. The fourth-order valence-electron chi connectivity index (χ4n) is 1.89. The van der Waals surface area contributed by atoms with Crippen molar-refractivity contribution in [2.45, 2.75) is 13.0 Å². The maximum Gasteiger partial charge on any atom is 0.120 e. The molecule has 1 aromatic heterocycles. The molecular weight excluding hydrogens is 310 g/mol. The van der Waals surface area contributed by atoms with Crippen molar-refractivity contribution in [1.29, 1.82) is 0 Å². The highest BCUT2D eigenvalue weighted by atomic mass is 79.9. The SMILES string of the molecule is CCNC(c1cccs1)c1ccc(OC)cc1Br. The van der Waals surface area contributed by atoms with Crippen LogP contribution in [0.3, 0.4) is 0 Å². The van der Waals surface area contributed by atoms with Gasteiger partial charge in [-0.05, 0) is 35.7 Å². The summed E-state index contributed by atoms with van der Waals surface area (Å²) in [6.45, 7) is 3.05. The van der Waals surface area contributed by atoms with E-state index in [1.807, 2.05) is 12.1 Å². The number of rotatable bonds is 5. The smallest absolute Gasteiger partial charge is 0.120 e. The van der Waals surface area contributed by atoms with Gasteiger partial charge in [-0.2, -0.15) is 0 Å². The molecular formula is C14H16BrNOS. The molecule has 1 N–H and O–H groups in total. The number of thiophene rings is 1. The molecule has 0 aliphatic heterocycles. The third-order valence-electron chi connectivity index (χ3n) is 2.75. The Morgan fingerprint density at radius 1 is 1.39 bits per heavy atom. The highest BCUT2D eigenvalue weighted by Gasteiger charge is 2.17. The monoisotopic (exact) mass is 325 g/mol. The molecule has 0 spiro atoms. The lowest BCUT2D eigenvalue weighted by atomic mass is 10.1. The van der Waals surface area contributed by atoms with Crippen LogP contribution in [0.2, 0.25) is 0 Å². The summed E-state index contributed by atoms with van der Waals surface area (Å²) in [5, 5.41) is 5.63. The maximum absolute atomic E-state index is 5.23. The second-order valence-corrected chi connectivity index (χ2v) is 5.73. The molecule has 1 atom stereocenters. The summed E-state index contributed by atoms with van der Waals surface area (Å²) in [5.74, 6) is 0.868. The zero-order valence-corrected chi connectivity index (χ0v) is 12.8. The van der Waals surface area contributed by atoms with Gasteiger partial charge in [0, 0.05) is 9.35 Å². The minimum Gasteiger partial charge on any atom is -0.497 e. The number of benzene rings is 1. The first-order chi connectivity index (χ1) is 8.76. The number of hydrogen-bond acceptors (Lipinski definition) is 3. The quantitative estimate of drug-likeness (QED) is 0.888. The Morgan fingerprint density at radius 2 is 2.22 bits per heavy atom. The van der Waals surface area contributed by atoms with Crippen molar-refractivity contribution < 1.29 is 4.74 Å². The molecule has 0 fully saturated rings. The first kappa shape index (κ1) is 13.6. The van der Waals surface area contributed by atoms with Crippen LogP contribution < -0.4 is 10.1 Å². The molecule has 2 aromatic rings. The van der Waals surface area contributed by atoms with E-state index in [1.165, 1.54) is 10.4 Å². The third kappa shape index (κ3) is 2.94. The largest absolute Gasteiger partial charge is 0.497 e. The summed E-state index contributed by atoms with van der Waals surface area (Å²) >= 11 is 5.40. The van der Waals surface area contributed by atoms with Crippen LogP contribution in [0.5, 0.6) is 5.75 Å². The fraction of sp³-hybridized carbons (Fsp3) is 0.286. The van der Waals surface area contributed by atoms with Gasteiger partial charge in [-0.3, -0.25) is 0 Å². The number of ether oxygens (including phenoxy) is 1. The summed E-state index contributed by atoms with van der Waals surface area (Å²) in [6.07, 6.45) is 0. The predicted octanol–water partition coefficient (Wildman–Crippen LogP) is 4.22. The van der Waals surface area contributed by atoms with Crippen LogP contribution in [0.15, 0.2) is 40.2 Å². The highest BCUT2D eigenvalue weighted by Crippen LogP contribution is 2.33. The number of halogens is 1. The van der Waals surface area contributed by atoms with Gasteiger partial charge in [0.15, 0.2) is 0 Å².